The Balaban J connectivity index is 0.000000846. The van der Waals surface area contributed by atoms with Gasteiger partial charge in [0.15, 0.2) is 0 Å². The first-order valence-electron chi connectivity index (χ1n) is 12.2. The second-order valence-corrected chi connectivity index (χ2v) is 9.01. The van der Waals surface area contributed by atoms with E-state index in [4.69, 9.17) is 0 Å². The van der Waals surface area contributed by atoms with E-state index in [0.717, 1.165) is 18.8 Å². The predicted molar refractivity (Wildman–Crippen MR) is 141 cm³/mol. The van der Waals surface area contributed by atoms with Crippen molar-refractivity contribution in [3.63, 3.8) is 0 Å². The van der Waals surface area contributed by atoms with Gasteiger partial charge in [0.05, 0.1) is 13.2 Å². The molecule has 0 bridgehead atoms. The molecule has 0 saturated carbocycles. The maximum Gasteiger partial charge on any atom is 0.119 e. The van der Waals surface area contributed by atoms with Gasteiger partial charge in [-0.15, -0.1) is 0 Å². The molecule has 1 heterocycles. The van der Waals surface area contributed by atoms with Gasteiger partial charge in [-0.05, 0) is 33.9 Å². The Bertz CT molecular complexity index is 1170. The van der Waals surface area contributed by atoms with E-state index in [1.165, 1.54) is 27.8 Å². The lowest BCUT2D eigenvalue weighted by Crippen LogP contribution is -2.12. The summed E-state index contributed by atoms with van der Waals surface area (Å²) in [5, 5.41) is 11.1. The highest BCUT2D eigenvalue weighted by Crippen LogP contribution is 2.44. The summed E-state index contributed by atoms with van der Waals surface area (Å²) in [5.41, 5.74) is 7.30. The number of hydrogen-bond donors (Lipinski definition) is 1. The highest BCUT2D eigenvalue weighted by Gasteiger charge is 2.26. The minimum absolute atomic E-state index is 0.0882. The third-order valence-electron chi connectivity index (χ3n) is 6.73. The maximum atomic E-state index is 11.1. The number of rotatable bonds is 6. The number of hydrogen-bond acceptors (Lipinski definition) is 2. The molecule has 1 fully saturated rings. The van der Waals surface area contributed by atoms with E-state index in [2.05, 4.69) is 117 Å². The van der Waals surface area contributed by atoms with Crippen molar-refractivity contribution in [1.29, 1.82) is 0 Å². The molecule has 0 radical (unpaired) electrons. The van der Waals surface area contributed by atoms with Crippen LogP contribution in [0.1, 0.15) is 71.9 Å². The molecule has 34 heavy (non-hydrogen) atoms. The average Bonchev–Trinajstić information content (AvgIpc) is 3.79. The minimum atomic E-state index is 0.0882. The fourth-order valence-electron chi connectivity index (χ4n) is 4.70. The first-order valence-corrected chi connectivity index (χ1v) is 12.2. The molecular formula is C32H34O2. The Kier molecular flexibility index (Phi) is 7.82. The van der Waals surface area contributed by atoms with E-state index in [9.17, 15) is 5.11 Å². The molecule has 2 nitrogen and oxygen atoms in total. The first-order chi connectivity index (χ1) is 16.6. The van der Waals surface area contributed by atoms with Crippen LogP contribution in [0.2, 0.25) is 0 Å². The van der Waals surface area contributed by atoms with Crippen molar-refractivity contribution < 1.29 is 9.84 Å². The van der Waals surface area contributed by atoms with Gasteiger partial charge in [-0.2, -0.15) is 0 Å². The van der Waals surface area contributed by atoms with Crippen LogP contribution in [0.25, 0.3) is 0 Å². The van der Waals surface area contributed by atoms with Crippen molar-refractivity contribution in [2.24, 2.45) is 0 Å². The molecule has 0 aromatic heterocycles. The fourth-order valence-corrected chi connectivity index (χ4v) is 4.70. The molecule has 1 aliphatic heterocycles. The molecule has 3 atom stereocenters. The van der Waals surface area contributed by atoms with Gasteiger partial charge in [0.2, 0.25) is 0 Å². The SMILES string of the molecule is C1CO1.CC(c1ccccc1)c1ccc(O)c(C(C)c2ccccc2)c1C(C)c1ccccc1. The summed E-state index contributed by atoms with van der Waals surface area (Å²) < 4.78 is 4.50. The molecule has 5 rings (SSSR count). The third-order valence-corrected chi connectivity index (χ3v) is 6.73. The molecule has 0 spiro atoms. The van der Waals surface area contributed by atoms with Crippen LogP contribution >= 0.6 is 0 Å². The summed E-state index contributed by atoms with van der Waals surface area (Å²) >= 11 is 0. The lowest BCUT2D eigenvalue weighted by atomic mass is 9.76. The molecule has 3 unspecified atom stereocenters. The van der Waals surface area contributed by atoms with E-state index in [0.29, 0.717) is 5.75 Å². The number of aromatic hydroxyl groups is 1. The fraction of sp³-hybridized carbons (Fsp3) is 0.250. The molecule has 0 amide bonds. The topological polar surface area (TPSA) is 32.8 Å². The van der Waals surface area contributed by atoms with Gasteiger partial charge in [0.1, 0.15) is 5.75 Å². The van der Waals surface area contributed by atoms with Gasteiger partial charge >= 0.3 is 0 Å². The lowest BCUT2D eigenvalue weighted by Gasteiger charge is -2.28. The molecule has 4 aromatic carbocycles. The van der Waals surface area contributed by atoms with Gasteiger partial charge in [-0.3, -0.25) is 0 Å². The maximum absolute atomic E-state index is 11.1. The monoisotopic (exact) mass is 450 g/mol. The van der Waals surface area contributed by atoms with Gasteiger partial charge in [-0.1, -0.05) is 118 Å². The van der Waals surface area contributed by atoms with E-state index >= 15 is 0 Å². The summed E-state index contributed by atoms with van der Waals surface area (Å²) in [6, 6.07) is 35.7. The van der Waals surface area contributed by atoms with Crippen LogP contribution in [0, 0.1) is 0 Å². The zero-order chi connectivity index (χ0) is 23.9. The molecule has 174 valence electrons. The van der Waals surface area contributed by atoms with Crippen molar-refractivity contribution in [3.05, 3.63) is 137 Å². The van der Waals surface area contributed by atoms with Crippen LogP contribution in [0.4, 0.5) is 0 Å². The van der Waals surface area contributed by atoms with Crippen molar-refractivity contribution in [2.75, 3.05) is 13.2 Å². The smallest absolute Gasteiger partial charge is 0.119 e. The Morgan fingerprint density at radius 1 is 0.529 bits per heavy atom. The van der Waals surface area contributed by atoms with Gasteiger partial charge in [-0.25, -0.2) is 0 Å². The molecule has 2 heteroatoms. The number of benzene rings is 4. The van der Waals surface area contributed by atoms with Crippen molar-refractivity contribution in [2.45, 2.75) is 38.5 Å². The molecule has 1 N–H and O–H groups in total. The van der Waals surface area contributed by atoms with Crippen molar-refractivity contribution >= 4 is 0 Å². The molecule has 4 aromatic rings. The van der Waals surface area contributed by atoms with E-state index < -0.39 is 0 Å². The van der Waals surface area contributed by atoms with Crippen LogP contribution < -0.4 is 0 Å². The first kappa shape index (κ1) is 23.8. The van der Waals surface area contributed by atoms with Gasteiger partial charge < -0.3 is 9.84 Å². The Morgan fingerprint density at radius 3 is 1.32 bits per heavy atom. The summed E-state index contributed by atoms with van der Waals surface area (Å²) in [5.74, 6) is 0.851. The normalized spacial score (nSPS) is 14.9. The van der Waals surface area contributed by atoms with Crippen LogP contribution in [0.15, 0.2) is 103 Å². The van der Waals surface area contributed by atoms with Crippen LogP contribution in [0.3, 0.4) is 0 Å². The van der Waals surface area contributed by atoms with Gasteiger partial charge in [0.25, 0.3) is 0 Å². The summed E-state index contributed by atoms with van der Waals surface area (Å²) in [4.78, 5) is 0. The third kappa shape index (κ3) is 5.58. The minimum Gasteiger partial charge on any atom is -0.508 e. The second kappa shape index (κ2) is 11.2. The number of phenolic OH excluding ortho intramolecular Hbond substituents is 1. The highest BCUT2D eigenvalue weighted by molar-refractivity contribution is 5.55. The molecule has 0 aliphatic carbocycles. The zero-order valence-electron chi connectivity index (χ0n) is 20.3. The second-order valence-electron chi connectivity index (χ2n) is 9.01. The highest BCUT2D eigenvalue weighted by atomic mass is 16.6. The number of ether oxygens (including phenoxy) is 1. The predicted octanol–water partition coefficient (Wildman–Crippen LogP) is 7.86. The quantitative estimate of drug-likeness (QED) is 0.303. The van der Waals surface area contributed by atoms with Gasteiger partial charge in [0, 0.05) is 23.3 Å². The van der Waals surface area contributed by atoms with E-state index in [1.54, 1.807) is 0 Å². The van der Waals surface area contributed by atoms with Crippen LogP contribution in [-0.4, -0.2) is 18.3 Å². The standard InChI is InChI=1S/C30H30O.C2H4O/c1-21(24-13-7-4-8-14-24)27-19-20-28(31)30(23(3)26-17-11-6-12-18-26)29(27)22(2)25-15-9-5-10-16-25;1-2-3-1/h4-23,31H,1-3H3;1-2H2. The molecular weight excluding hydrogens is 416 g/mol. The largest absolute Gasteiger partial charge is 0.508 e. The lowest BCUT2D eigenvalue weighted by molar-refractivity contribution is 0.463. The number of epoxide rings is 1. The Labute approximate surface area is 203 Å². The number of phenols is 1. The summed E-state index contributed by atoms with van der Waals surface area (Å²) in [7, 11) is 0. The van der Waals surface area contributed by atoms with Crippen LogP contribution in [0.5, 0.6) is 5.75 Å². The summed E-state index contributed by atoms with van der Waals surface area (Å²) in [6.45, 7) is 8.72. The molecule has 1 saturated heterocycles. The summed E-state index contributed by atoms with van der Waals surface area (Å²) in [6.07, 6.45) is 0. The average molecular weight is 451 g/mol. The van der Waals surface area contributed by atoms with Crippen molar-refractivity contribution in [3.8, 4) is 5.75 Å². The Hall–Kier alpha value is -3.36. The zero-order valence-corrected chi connectivity index (χ0v) is 20.3. The van der Waals surface area contributed by atoms with E-state index in [1.807, 2.05) is 12.1 Å². The van der Waals surface area contributed by atoms with Crippen molar-refractivity contribution in [1.82, 2.24) is 0 Å². The molecule has 1 aliphatic rings. The van der Waals surface area contributed by atoms with E-state index in [-0.39, 0.29) is 17.8 Å². The Morgan fingerprint density at radius 2 is 0.912 bits per heavy atom. The van der Waals surface area contributed by atoms with Crippen LogP contribution in [-0.2, 0) is 4.74 Å².